The molecule has 0 bridgehead atoms. The molecular formula is C4H10O. The maximum absolute atomic E-state index is 8.44. The Morgan fingerprint density at radius 1 is 2.20 bits per heavy atom. The van der Waals surface area contributed by atoms with Gasteiger partial charge in [-0.05, 0) is 13.3 Å². The van der Waals surface area contributed by atoms with Crippen molar-refractivity contribution in [3.8, 4) is 0 Å². The highest BCUT2D eigenvalue weighted by Crippen LogP contribution is 1.81. The van der Waals surface area contributed by atoms with Gasteiger partial charge in [-0.25, -0.2) is 0 Å². The van der Waals surface area contributed by atoms with Gasteiger partial charge in [0.05, 0.1) is 6.10 Å². The van der Waals surface area contributed by atoms with Crippen molar-refractivity contribution in [1.29, 1.82) is 0 Å². The average molecular weight is 75.1 g/mol. The predicted octanol–water partition coefficient (Wildman–Crippen LogP) is 0.777. The Hall–Kier alpha value is -0.0400. The summed E-state index contributed by atoms with van der Waals surface area (Å²) in [4.78, 5) is 0. The standard InChI is InChI=1S/C4H10O/c1-3-4(2)5/h4-5H,3H2,1-2H3/t4-/m0/s1/i3D/t3-,4+/m1. The van der Waals surface area contributed by atoms with E-state index in [-0.39, 0.29) is 6.40 Å². The Labute approximate surface area is 34.0 Å². The molecule has 1 N–H and O–H groups in total. The van der Waals surface area contributed by atoms with Crippen molar-refractivity contribution >= 4 is 0 Å². The molecule has 0 aliphatic carbocycles. The highest BCUT2D eigenvalue weighted by molar-refractivity contribution is 4.34. The molecule has 0 aromatic carbocycles. The third kappa shape index (κ3) is 3.96. The van der Waals surface area contributed by atoms with Gasteiger partial charge in [0.2, 0.25) is 0 Å². The zero-order chi connectivity index (χ0) is 5.15. The summed E-state index contributed by atoms with van der Waals surface area (Å²) in [5.41, 5.74) is 0. The van der Waals surface area contributed by atoms with Gasteiger partial charge in [-0.15, -0.1) is 0 Å². The molecule has 0 radical (unpaired) electrons. The topological polar surface area (TPSA) is 20.2 Å². The molecule has 0 heterocycles. The average Bonchev–Trinajstić information content (AvgIpc) is 1.36. The molecule has 0 spiro atoms. The first-order valence-electron chi connectivity index (χ1n) is 2.32. The summed E-state index contributed by atoms with van der Waals surface area (Å²) < 4.78 is 6.78. The third-order valence-corrected chi connectivity index (χ3v) is 0.482. The molecular weight excluding hydrogens is 64.0 g/mol. The molecule has 0 saturated carbocycles. The second kappa shape index (κ2) is 2.21. The highest BCUT2D eigenvalue weighted by atomic mass is 16.3. The number of aliphatic hydroxyl groups is 1. The minimum atomic E-state index is -0.481. The second-order valence-electron chi connectivity index (χ2n) is 1.07. The van der Waals surface area contributed by atoms with E-state index in [0.717, 1.165) is 0 Å². The Bertz CT molecular complexity index is 28.5. The maximum Gasteiger partial charge on any atom is 0.0509 e. The van der Waals surface area contributed by atoms with Crippen LogP contribution in [0.25, 0.3) is 0 Å². The number of rotatable bonds is 1. The first kappa shape index (κ1) is 3.16. The van der Waals surface area contributed by atoms with Crippen molar-refractivity contribution < 1.29 is 6.48 Å². The van der Waals surface area contributed by atoms with E-state index in [4.69, 9.17) is 6.48 Å². The van der Waals surface area contributed by atoms with Gasteiger partial charge in [0.1, 0.15) is 0 Å². The summed E-state index contributed by atoms with van der Waals surface area (Å²) in [6, 6.07) is 0. The van der Waals surface area contributed by atoms with E-state index >= 15 is 0 Å². The summed E-state index contributed by atoms with van der Waals surface area (Å²) in [7, 11) is 0. The van der Waals surface area contributed by atoms with Crippen molar-refractivity contribution in [3.05, 3.63) is 0 Å². The zero-order valence-corrected chi connectivity index (χ0v) is 3.60. The van der Waals surface area contributed by atoms with Gasteiger partial charge in [0.15, 0.2) is 0 Å². The monoisotopic (exact) mass is 75.1 g/mol. The van der Waals surface area contributed by atoms with Crippen LogP contribution in [0, 0.1) is 0 Å². The quantitative estimate of drug-likeness (QED) is 0.488. The fourth-order valence-electron chi connectivity index (χ4n) is 0. The van der Waals surface area contributed by atoms with Crippen LogP contribution in [0.1, 0.15) is 21.6 Å². The van der Waals surface area contributed by atoms with E-state index in [9.17, 15) is 0 Å². The summed E-state index contributed by atoms with van der Waals surface area (Å²) in [5.74, 6) is 0. The van der Waals surface area contributed by atoms with E-state index in [1.165, 1.54) is 0 Å². The molecule has 0 aliphatic heterocycles. The zero-order valence-electron chi connectivity index (χ0n) is 4.60. The van der Waals surface area contributed by atoms with Crippen molar-refractivity contribution in [3.63, 3.8) is 0 Å². The normalized spacial score (nSPS) is 24.2. The maximum atomic E-state index is 8.44. The van der Waals surface area contributed by atoms with Crippen LogP contribution in [0.3, 0.4) is 0 Å². The second-order valence-corrected chi connectivity index (χ2v) is 1.07. The molecule has 0 aromatic heterocycles. The van der Waals surface area contributed by atoms with Gasteiger partial charge in [-0.2, -0.15) is 0 Å². The Kier molecular flexibility index (Phi) is 1.40. The first-order chi connectivity index (χ1) is 2.64. The van der Waals surface area contributed by atoms with E-state index < -0.39 is 6.10 Å². The molecule has 0 amide bonds. The Morgan fingerprint density at radius 2 is 2.40 bits per heavy atom. The van der Waals surface area contributed by atoms with Crippen LogP contribution in [0.2, 0.25) is 0 Å². The van der Waals surface area contributed by atoms with E-state index in [2.05, 4.69) is 0 Å². The van der Waals surface area contributed by atoms with Gasteiger partial charge < -0.3 is 5.11 Å². The van der Waals surface area contributed by atoms with Crippen LogP contribution < -0.4 is 0 Å². The number of hydrogen-bond acceptors (Lipinski definition) is 1. The largest absolute Gasteiger partial charge is 0.393 e. The highest BCUT2D eigenvalue weighted by Gasteiger charge is 1.81. The van der Waals surface area contributed by atoms with Crippen molar-refractivity contribution in [2.75, 3.05) is 0 Å². The molecule has 32 valence electrons. The van der Waals surface area contributed by atoms with Crippen LogP contribution in [-0.4, -0.2) is 11.2 Å². The molecule has 2 atom stereocenters. The lowest BCUT2D eigenvalue weighted by Crippen LogP contribution is -1.93. The molecule has 1 heteroatoms. The van der Waals surface area contributed by atoms with Crippen LogP contribution in [0.4, 0.5) is 0 Å². The van der Waals surface area contributed by atoms with Crippen molar-refractivity contribution in [1.82, 2.24) is 0 Å². The fraction of sp³-hybridized carbons (Fsp3) is 1.00. The smallest absolute Gasteiger partial charge is 0.0509 e. The van der Waals surface area contributed by atoms with Crippen molar-refractivity contribution in [2.24, 2.45) is 0 Å². The molecule has 0 fully saturated rings. The van der Waals surface area contributed by atoms with E-state index in [1.54, 1.807) is 13.8 Å². The minimum Gasteiger partial charge on any atom is -0.393 e. The van der Waals surface area contributed by atoms with Crippen LogP contribution in [0.5, 0.6) is 0 Å². The number of aliphatic hydroxyl groups excluding tert-OH is 1. The molecule has 0 saturated heterocycles. The van der Waals surface area contributed by atoms with E-state index in [0.29, 0.717) is 0 Å². The third-order valence-electron chi connectivity index (χ3n) is 0.482. The first-order valence-corrected chi connectivity index (χ1v) is 1.75. The lowest BCUT2D eigenvalue weighted by molar-refractivity contribution is 0.191. The summed E-state index contributed by atoms with van der Waals surface area (Å²) in [6.07, 6.45) is -0.824. The molecule has 0 unspecified atom stereocenters. The van der Waals surface area contributed by atoms with Gasteiger partial charge >= 0.3 is 0 Å². The summed E-state index contributed by atoms with van der Waals surface area (Å²) in [6.45, 7) is 3.27. The molecule has 1 nitrogen and oxygen atoms in total. The Balaban J connectivity index is 2.99. The minimum absolute atomic E-state index is 0.343. The number of hydrogen-bond donors (Lipinski definition) is 1. The van der Waals surface area contributed by atoms with Gasteiger partial charge in [0.25, 0.3) is 0 Å². The van der Waals surface area contributed by atoms with E-state index in [1.807, 2.05) is 0 Å². The molecule has 5 heavy (non-hydrogen) atoms. The SMILES string of the molecule is [2H][C@H](C)[C@H](C)O. The van der Waals surface area contributed by atoms with Crippen LogP contribution >= 0.6 is 0 Å². The van der Waals surface area contributed by atoms with Crippen molar-refractivity contribution in [2.45, 2.75) is 26.3 Å². The predicted molar refractivity (Wildman–Crippen MR) is 22.0 cm³/mol. The summed E-state index contributed by atoms with van der Waals surface area (Å²) in [5, 5.41) is 8.44. The molecule has 0 aromatic rings. The lowest BCUT2D eigenvalue weighted by atomic mass is 10.3. The van der Waals surface area contributed by atoms with Gasteiger partial charge in [0, 0.05) is 1.37 Å². The molecule has 0 aliphatic rings. The van der Waals surface area contributed by atoms with Gasteiger partial charge in [-0.1, -0.05) is 6.92 Å². The van der Waals surface area contributed by atoms with Gasteiger partial charge in [-0.3, -0.25) is 0 Å². The fourth-order valence-corrected chi connectivity index (χ4v) is 0. The Morgan fingerprint density at radius 3 is 2.40 bits per heavy atom. The summed E-state index contributed by atoms with van der Waals surface area (Å²) >= 11 is 0. The molecule has 0 rings (SSSR count). The van der Waals surface area contributed by atoms with Crippen LogP contribution in [-0.2, 0) is 0 Å². The lowest BCUT2D eigenvalue weighted by Gasteiger charge is -1.90. The van der Waals surface area contributed by atoms with Crippen LogP contribution in [0.15, 0.2) is 0 Å².